The number of allylic oxidation sites excluding steroid dienone is 1. The molecule has 2 aromatic rings. The van der Waals surface area contributed by atoms with Gasteiger partial charge < -0.3 is 14.2 Å². The minimum absolute atomic E-state index is 0.182. The second-order valence-corrected chi connectivity index (χ2v) is 4.88. The second kappa shape index (κ2) is 5.85. The van der Waals surface area contributed by atoms with Crippen LogP contribution in [0.4, 0.5) is 0 Å². The van der Waals surface area contributed by atoms with Crippen molar-refractivity contribution in [3.05, 3.63) is 58.8 Å². The van der Waals surface area contributed by atoms with E-state index in [1.54, 1.807) is 42.5 Å². The Morgan fingerprint density at radius 2 is 2.00 bits per heavy atom. The summed E-state index contributed by atoms with van der Waals surface area (Å²) in [5.74, 6) is 1.26. The van der Waals surface area contributed by atoms with Crippen LogP contribution in [-0.2, 0) is 0 Å². The standard InChI is InChI=1S/C18H13NO4/c1-21-13-8-14(22-2)17-15(9-13)23-16(18(17)20)7-11-4-3-5-12(6-11)10-19/h3-9H,1-2H3/b16-7-. The van der Waals surface area contributed by atoms with Crippen LogP contribution < -0.4 is 14.2 Å². The number of Topliss-reactive ketones (excluding diaryl/α,β-unsaturated/α-hetero) is 1. The smallest absolute Gasteiger partial charge is 0.235 e. The lowest BCUT2D eigenvalue weighted by atomic mass is 10.1. The molecule has 5 heteroatoms. The number of hydrogen-bond acceptors (Lipinski definition) is 5. The van der Waals surface area contributed by atoms with Crippen molar-refractivity contribution < 1.29 is 19.0 Å². The van der Waals surface area contributed by atoms with Crippen molar-refractivity contribution in [2.75, 3.05) is 14.2 Å². The molecule has 23 heavy (non-hydrogen) atoms. The second-order valence-electron chi connectivity index (χ2n) is 4.88. The summed E-state index contributed by atoms with van der Waals surface area (Å²) in [6.45, 7) is 0. The first kappa shape index (κ1) is 14.7. The van der Waals surface area contributed by atoms with Gasteiger partial charge in [0.05, 0.1) is 25.9 Å². The summed E-state index contributed by atoms with van der Waals surface area (Å²) in [6.07, 6.45) is 1.61. The molecule has 0 fully saturated rings. The van der Waals surface area contributed by atoms with Gasteiger partial charge in [0.15, 0.2) is 5.76 Å². The van der Waals surface area contributed by atoms with E-state index in [0.717, 1.165) is 0 Å². The van der Waals surface area contributed by atoms with Crippen LogP contribution in [0.1, 0.15) is 21.5 Å². The zero-order chi connectivity index (χ0) is 16.4. The van der Waals surface area contributed by atoms with Gasteiger partial charge in [-0.2, -0.15) is 5.26 Å². The average molecular weight is 307 g/mol. The normalized spacial score (nSPS) is 14.1. The largest absolute Gasteiger partial charge is 0.496 e. The summed E-state index contributed by atoms with van der Waals surface area (Å²) >= 11 is 0. The molecule has 0 aromatic heterocycles. The quantitative estimate of drug-likeness (QED) is 0.815. The number of carbonyl (C=O) groups is 1. The Morgan fingerprint density at radius 3 is 2.70 bits per heavy atom. The van der Waals surface area contributed by atoms with E-state index in [-0.39, 0.29) is 11.5 Å². The maximum Gasteiger partial charge on any atom is 0.235 e. The first-order chi connectivity index (χ1) is 11.2. The fraction of sp³-hybridized carbons (Fsp3) is 0.111. The molecule has 0 bridgehead atoms. The number of fused-ring (bicyclic) bond motifs is 1. The van der Waals surface area contributed by atoms with Gasteiger partial charge in [-0.25, -0.2) is 0 Å². The van der Waals surface area contributed by atoms with E-state index in [1.807, 2.05) is 0 Å². The maximum absolute atomic E-state index is 12.6. The van der Waals surface area contributed by atoms with E-state index < -0.39 is 0 Å². The van der Waals surface area contributed by atoms with Gasteiger partial charge in [-0.05, 0) is 23.8 Å². The molecule has 0 aliphatic carbocycles. The number of nitrogens with zero attached hydrogens (tertiary/aromatic N) is 1. The average Bonchev–Trinajstić information content (AvgIpc) is 2.90. The maximum atomic E-state index is 12.6. The third-order valence-electron chi connectivity index (χ3n) is 3.48. The molecule has 1 aliphatic rings. The van der Waals surface area contributed by atoms with Gasteiger partial charge >= 0.3 is 0 Å². The van der Waals surface area contributed by atoms with Gasteiger partial charge in [0.2, 0.25) is 5.78 Å². The number of methoxy groups -OCH3 is 2. The molecule has 5 nitrogen and oxygen atoms in total. The molecule has 0 atom stereocenters. The zero-order valence-electron chi connectivity index (χ0n) is 12.6. The molecular formula is C18H13NO4. The number of ketones is 1. The van der Waals surface area contributed by atoms with Crippen LogP contribution in [0, 0.1) is 11.3 Å². The van der Waals surface area contributed by atoms with E-state index >= 15 is 0 Å². The van der Waals surface area contributed by atoms with Crippen molar-refractivity contribution in [2.24, 2.45) is 0 Å². The van der Waals surface area contributed by atoms with Crippen molar-refractivity contribution in [1.29, 1.82) is 5.26 Å². The number of nitriles is 1. The molecule has 0 radical (unpaired) electrons. The minimum atomic E-state index is -0.262. The van der Waals surface area contributed by atoms with Crippen LogP contribution >= 0.6 is 0 Å². The van der Waals surface area contributed by atoms with Crippen LogP contribution in [0.5, 0.6) is 17.2 Å². The fourth-order valence-electron chi connectivity index (χ4n) is 2.38. The van der Waals surface area contributed by atoms with Crippen molar-refractivity contribution in [3.8, 4) is 23.3 Å². The Bertz CT molecular complexity index is 862. The minimum Gasteiger partial charge on any atom is -0.496 e. The molecular weight excluding hydrogens is 294 g/mol. The van der Waals surface area contributed by atoms with Gasteiger partial charge in [0, 0.05) is 12.1 Å². The molecule has 1 heterocycles. The molecule has 0 unspecified atom stereocenters. The first-order valence-corrected chi connectivity index (χ1v) is 6.86. The molecule has 3 rings (SSSR count). The van der Waals surface area contributed by atoms with Crippen LogP contribution in [0.3, 0.4) is 0 Å². The molecule has 114 valence electrons. The van der Waals surface area contributed by atoms with Gasteiger partial charge in [0.25, 0.3) is 0 Å². The molecule has 0 N–H and O–H groups in total. The number of carbonyl (C=O) groups excluding carboxylic acids is 1. The Morgan fingerprint density at radius 1 is 1.17 bits per heavy atom. The highest BCUT2D eigenvalue weighted by atomic mass is 16.5. The fourth-order valence-corrected chi connectivity index (χ4v) is 2.38. The lowest BCUT2D eigenvalue weighted by Gasteiger charge is -2.07. The lowest BCUT2D eigenvalue weighted by molar-refractivity contribution is 0.101. The number of ether oxygens (including phenoxy) is 3. The highest BCUT2D eigenvalue weighted by Gasteiger charge is 2.32. The molecule has 0 spiro atoms. The third-order valence-corrected chi connectivity index (χ3v) is 3.48. The van der Waals surface area contributed by atoms with Crippen LogP contribution in [0.2, 0.25) is 0 Å². The highest BCUT2D eigenvalue weighted by Crippen LogP contribution is 2.41. The Hall–Kier alpha value is -3.26. The van der Waals surface area contributed by atoms with Crippen molar-refractivity contribution in [3.63, 3.8) is 0 Å². The van der Waals surface area contributed by atoms with E-state index in [4.69, 9.17) is 19.5 Å². The molecule has 0 saturated carbocycles. The number of hydrogen-bond donors (Lipinski definition) is 0. The summed E-state index contributed by atoms with van der Waals surface area (Å²) < 4.78 is 16.1. The van der Waals surface area contributed by atoms with Gasteiger partial charge in [0.1, 0.15) is 22.8 Å². The van der Waals surface area contributed by atoms with E-state index in [0.29, 0.717) is 33.9 Å². The number of benzene rings is 2. The van der Waals surface area contributed by atoms with Gasteiger partial charge in [-0.3, -0.25) is 4.79 Å². The Kier molecular flexibility index (Phi) is 3.73. The molecule has 1 aliphatic heterocycles. The van der Waals surface area contributed by atoms with E-state index in [1.165, 1.54) is 14.2 Å². The van der Waals surface area contributed by atoms with Crippen molar-refractivity contribution in [2.45, 2.75) is 0 Å². The summed E-state index contributed by atoms with van der Waals surface area (Å²) in [4.78, 5) is 12.6. The molecule has 0 saturated heterocycles. The van der Waals surface area contributed by atoms with Gasteiger partial charge in [-0.1, -0.05) is 12.1 Å². The number of rotatable bonds is 3. The van der Waals surface area contributed by atoms with Crippen LogP contribution in [-0.4, -0.2) is 20.0 Å². The summed E-state index contributed by atoms with van der Waals surface area (Å²) in [7, 11) is 3.02. The van der Waals surface area contributed by atoms with E-state index in [2.05, 4.69) is 6.07 Å². The first-order valence-electron chi connectivity index (χ1n) is 6.86. The van der Waals surface area contributed by atoms with Crippen molar-refractivity contribution >= 4 is 11.9 Å². The Labute approximate surface area is 133 Å². The lowest BCUT2D eigenvalue weighted by Crippen LogP contribution is -2.00. The predicted molar refractivity (Wildman–Crippen MR) is 83.6 cm³/mol. The topological polar surface area (TPSA) is 68.6 Å². The Balaban J connectivity index is 2.03. The monoisotopic (exact) mass is 307 g/mol. The van der Waals surface area contributed by atoms with Crippen LogP contribution in [0.25, 0.3) is 6.08 Å². The summed E-state index contributed by atoms with van der Waals surface area (Å²) in [6, 6.07) is 12.3. The van der Waals surface area contributed by atoms with E-state index in [9.17, 15) is 4.79 Å². The predicted octanol–water partition coefficient (Wildman–Crippen LogP) is 3.19. The SMILES string of the molecule is COc1cc(OC)c2c(c1)O/C(=C\c1cccc(C#N)c1)C2=O. The van der Waals surface area contributed by atoms with Crippen molar-refractivity contribution in [1.82, 2.24) is 0 Å². The zero-order valence-corrected chi connectivity index (χ0v) is 12.6. The highest BCUT2D eigenvalue weighted by molar-refractivity contribution is 6.16. The van der Waals surface area contributed by atoms with Gasteiger partial charge in [-0.15, -0.1) is 0 Å². The summed E-state index contributed by atoms with van der Waals surface area (Å²) in [5, 5.41) is 8.94. The van der Waals surface area contributed by atoms with Crippen LogP contribution in [0.15, 0.2) is 42.2 Å². The third kappa shape index (κ3) is 2.62. The molecule has 0 amide bonds. The molecule has 2 aromatic carbocycles. The summed E-state index contributed by atoms with van der Waals surface area (Å²) in [5.41, 5.74) is 1.60.